The van der Waals surface area contributed by atoms with Crippen LogP contribution in [-0.2, 0) is 4.84 Å². The minimum absolute atomic E-state index is 0.0404. The third-order valence-corrected chi connectivity index (χ3v) is 2.57. The molecule has 0 aliphatic carbocycles. The Labute approximate surface area is 97.2 Å². The average Bonchev–Trinajstić information content (AvgIpc) is 2.64. The average molecular weight is 246 g/mol. The molecule has 0 bridgehead atoms. The summed E-state index contributed by atoms with van der Waals surface area (Å²) in [5, 5.41) is 13.9. The van der Waals surface area contributed by atoms with Crippen molar-refractivity contribution < 1.29 is 9.94 Å². The highest BCUT2D eigenvalue weighted by Crippen LogP contribution is 2.23. The van der Waals surface area contributed by atoms with Crippen molar-refractivity contribution in [2.75, 3.05) is 6.61 Å². The highest BCUT2D eigenvalue weighted by atomic mass is 35.5. The maximum absolute atomic E-state index is 8.89. The van der Waals surface area contributed by atoms with E-state index >= 15 is 0 Å². The van der Waals surface area contributed by atoms with Crippen molar-refractivity contribution in [3.8, 4) is 0 Å². The van der Waals surface area contributed by atoms with E-state index in [4.69, 9.17) is 33.1 Å². The number of benzene rings is 1. The van der Waals surface area contributed by atoms with Crippen molar-refractivity contribution in [3.63, 3.8) is 0 Å². The van der Waals surface area contributed by atoms with E-state index in [0.717, 1.165) is 11.3 Å². The van der Waals surface area contributed by atoms with Crippen LogP contribution in [0.1, 0.15) is 12.0 Å². The normalized spacial score (nSPS) is 19.9. The lowest BCUT2D eigenvalue weighted by Gasteiger charge is -2.02. The van der Waals surface area contributed by atoms with Crippen molar-refractivity contribution >= 4 is 28.9 Å². The summed E-state index contributed by atoms with van der Waals surface area (Å²) in [6, 6.07) is 5.21. The van der Waals surface area contributed by atoms with E-state index in [9.17, 15) is 0 Å². The van der Waals surface area contributed by atoms with E-state index in [-0.39, 0.29) is 12.7 Å². The van der Waals surface area contributed by atoms with Crippen molar-refractivity contribution in [2.45, 2.75) is 12.5 Å². The van der Waals surface area contributed by atoms with E-state index in [2.05, 4.69) is 5.16 Å². The molecule has 0 spiro atoms. The van der Waals surface area contributed by atoms with Crippen LogP contribution in [0.3, 0.4) is 0 Å². The first kappa shape index (κ1) is 10.7. The monoisotopic (exact) mass is 245 g/mol. The van der Waals surface area contributed by atoms with E-state index in [0.29, 0.717) is 16.5 Å². The minimum atomic E-state index is -0.252. The second-order valence-corrected chi connectivity index (χ2v) is 4.18. The Morgan fingerprint density at radius 3 is 2.53 bits per heavy atom. The van der Waals surface area contributed by atoms with Gasteiger partial charge in [-0.05, 0) is 18.2 Å². The first-order chi connectivity index (χ1) is 7.19. The number of aliphatic hydroxyl groups excluding tert-OH is 1. The molecular weight excluding hydrogens is 237 g/mol. The van der Waals surface area contributed by atoms with E-state index in [1.165, 1.54) is 0 Å². The standard InChI is InChI=1S/C10H9Cl2NO2/c11-7-1-6(2-8(12)3-7)10-4-9(5-14)15-13-10/h1-3,9,14H,4-5H2. The Bertz CT molecular complexity index is 386. The number of nitrogens with zero attached hydrogens (tertiary/aromatic N) is 1. The fraction of sp³-hybridized carbons (Fsp3) is 0.300. The summed E-state index contributed by atoms with van der Waals surface area (Å²) < 4.78 is 0. The summed E-state index contributed by atoms with van der Waals surface area (Å²) in [5.41, 5.74) is 1.60. The zero-order valence-electron chi connectivity index (χ0n) is 7.78. The number of hydrogen-bond donors (Lipinski definition) is 1. The van der Waals surface area contributed by atoms with Crippen molar-refractivity contribution in [1.82, 2.24) is 0 Å². The highest BCUT2D eigenvalue weighted by molar-refractivity contribution is 6.35. The SMILES string of the molecule is OCC1CC(c2cc(Cl)cc(Cl)c2)=NO1. The quantitative estimate of drug-likeness (QED) is 0.870. The fourth-order valence-electron chi connectivity index (χ4n) is 1.42. The molecule has 15 heavy (non-hydrogen) atoms. The van der Waals surface area contributed by atoms with Crippen LogP contribution in [-0.4, -0.2) is 23.5 Å². The third kappa shape index (κ3) is 2.43. The summed E-state index contributed by atoms with van der Waals surface area (Å²) in [4.78, 5) is 5.00. The van der Waals surface area contributed by atoms with Crippen molar-refractivity contribution in [1.29, 1.82) is 0 Å². The molecule has 3 nitrogen and oxygen atoms in total. The predicted octanol–water partition coefficient (Wildman–Crippen LogP) is 2.48. The predicted molar refractivity (Wildman–Crippen MR) is 59.6 cm³/mol. The van der Waals surface area contributed by atoms with Gasteiger partial charge in [-0.25, -0.2) is 0 Å². The number of halogens is 2. The van der Waals surface area contributed by atoms with E-state index < -0.39 is 0 Å². The van der Waals surface area contributed by atoms with Crippen LogP contribution in [0.4, 0.5) is 0 Å². The van der Waals surface area contributed by atoms with Gasteiger partial charge in [-0.2, -0.15) is 0 Å². The molecule has 1 aliphatic heterocycles. The number of rotatable bonds is 2. The second-order valence-electron chi connectivity index (χ2n) is 3.31. The molecule has 1 heterocycles. The smallest absolute Gasteiger partial charge is 0.156 e. The van der Waals surface area contributed by atoms with Gasteiger partial charge in [0.15, 0.2) is 6.10 Å². The Kier molecular flexibility index (Phi) is 3.14. The number of oxime groups is 1. The van der Waals surface area contributed by atoms with Crippen molar-refractivity contribution in [2.24, 2.45) is 5.16 Å². The molecule has 0 saturated carbocycles. The zero-order chi connectivity index (χ0) is 10.8. The molecule has 0 saturated heterocycles. The first-order valence-corrected chi connectivity index (χ1v) is 5.24. The van der Waals surface area contributed by atoms with Gasteiger partial charge in [-0.1, -0.05) is 28.4 Å². The molecule has 2 rings (SSSR count). The molecule has 80 valence electrons. The van der Waals surface area contributed by atoms with Crippen LogP contribution < -0.4 is 0 Å². The molecule has 1 aromatic carbocycles. The van der Waals surface area contributed by atoms with Crippen LogP contribution in [0, 0.1) is 0 Å². The van der Waals surface area contributed by atoms with E-state index in [1.807, 2.05) is 0 Å². The van der Waals surface area contributed by atoms with Gasteiger partial charge >= 0.3 is 0 Å². The van der Waals surface area contributed by atoms with Gasteiger partial charge in [0.25, 0.3) is 0 Å². The van der Waals surface area contributed by atoms with Gasteiger partial charge in [0, 0.05) is 22.0 Å². The summed E-state index contributed by atoms with van der Waals surface area (Å²) in [6.45, 7) is -0.0404. The van der Waals surface area contributed by atoms with Crippen LogP contribution >= 0.6 is 23.2 Å². The number of hydrogen-bond acceptors (Lipinski definition) is 3. The Balaban J connectivity index is 2.24. The van der Waals surface area contributed by atoms with Crippen LogP contribution in [0.5, 0.6) is 0 Å². The Morgan fingerprint density at radius 1 is 1.33 bits per heavy atom. The summed E-state index contributed by atoms with van der Waals surface area (Å²) in [7, 11) is 0. The van der Waals surface area contributed by atoms with Gasteiger partial charge in [0.05, 0.1) is 12.3 Å². The molecule has 0 fully saturated rings. The van der Waals surface area contributed by atoms with Gasteiger partial charge in [-0.15, -0.1) is 0 Å². The molecule has 0 amide bonds. The van der Waals surface area contributed by atoms with Crippen LogP contribution in [0.15, 0.2) is 23.4 Å². The molecule has 0 aromatic heterocycles. The van der Waals surface area contributed by atoms with Gasteiger partial charge in [0.1, 0.15) is 0 Å². The summed E-state index contributed by atoms with van der Waals surface area (Å²) >= 11 is 11.7. The second kappa shape index (κ2) is 4.39. The minimum Gasteiger partial charge on any atom is -0.392 e. The van der Waals surface area contributed by atoms with Gasteiger partial charge in [0.2, 0.25) is 0 Å². The summed E-state index contributed by atoms with van der Waals surface area (Å²) in [6.07, 6.45) is 0.324. The van der Waals surface area contributed by atoms with Crippen molar-refractivity contribution in [3.05, 3.63) is 33.8 Å². The topological polar surface area (TPSA) is 41.8 Å². The maximum atomic E-state index is 8.89. The Morgan fingerprint density at radius 2 is 2.00 bits per heavy atom. The lowest BCUT2D eigenvalue weighted by Crippen LogP contribution is -2.12. The third-order valence-electron chi connectivity index (χ3n) is 2.13. The zero-order valence-corrected chi connectivity index (χ0v) is 9.29. The molecular formula is C10H9Cl2NO2. The number of aliphatic hydroxyl groups is 1. The maximum Gasteiger partial charge on any atom is 0.156 e. The Hall–Kier alpha value is -0.770. The van der Waals surface area contributed by atoms with Crippen LogP contribution in [0.25, 0.3) is 0 Å². The van der Waals surface area contributed by atoms with Gasteiger partial charge < -0.3 is 9.94 Å². The highest BCUT2D eigenvalue weighted by Gasteiger charge is 2.21. The fourth-order valence-corrected chi connectivity index (χ4v) is 1.94. The lowest BCUT2D eigenvalue weighted by molar-refractivity contribution is 0.0390. The molecule has 1 aromatic rings. The van der Waals surface area contributed by atoms with Crippen LogP contribution in [0.2, 0.25) is 10.0 Å². The van der Waals surface area contributed by atoms with E-state index in [1.54, 1.807) is 18.2 Å². The molecule has 0 radical (unpaired) electrons. The lowest BCUT2D eigenvalue weighted by atomic mass is 10.1. The largest absolute Gasteiger partial charge is 0.392 e. The van der Waals surface area contributed by atoms with Gasteiger partial charge in [-0.3, -0.25) is 0 Å². The summed E-state index contributed by atoms with van der Waals surface area (Å²) in [5.74, 6) is 0. The molecule has 5 heteroatoms. The molecule has 1 N–H and O–H groups in total. The molecule has 1 aliphatic rings. The molecule has 1 atom stereocenters. The molecule has 1 unspecified atom stereocenters. The first-order valence-electron chi connectivity index (χ1n) is 4.49.